The van der Waals surface area contributed by atoms with Crippen molar-refractivity contribution in [2.75, 3.05) is 5.32 Å². The first kappa shape index (κ1) is 29.8. The van der Waals surface area contributed by atoms with Crippen LogP contribution in [-0.2, 0) is 4.79 Å². The Balaban J connectivity index is 1.23. The highest BCUT2D eigenvalue weighted by Gasteiger charge is 2.42. The summed E-state index contributed by atoms with van der Waals surface area (Å²) in [5.74, 6) is -2.72. The number of alkyl halides is 3. The van der Waals surface area contributed by atoms with Gasteiger partial charge in [-0.3, -0.25) is 9.48 Å². The molecule has 0 saturated heterocycles. The Morgan fingerprint density at radius 3 is 2.43 bits per heavy atom. The largest absolute Gasteiger partial charge is 0.493 e. The van der Waals surface area contributed by atoms with Crippen LogP contribution in [0.2, 0.25) is 0 Å². The minimum atomic E-state index is -5.19. The fourth-order valence-electron chi connectivity index (χ4n) is 4.92. The number of amides is 1. The smallest absolute Gasteiger partial charge is 0.326 e. The summed E-state index contributed by atoms with van der Waals surface area (Å²) in [6.07, 6.45) is 0.205. The molecule has 13 heteroatoms. The summed E-state index contributed by atoms with van der Waals surface area (Å²) in [5, 5.41) is 17.3. The van der Waals surface area contributed by atoms with Crippen molar-refractivity contribution in [3.63, 3.8) is 0 Å². The maximum absolute atomic E-state index is 13.2. The molecule has 0 saturated carbocycles. The van der Waals surface area contributed by atoms with Crippen LogP contribution in [0.1, 0.15) is 28.4 Å². The highest BCUT2D eigenvalue weighted by molar-refractivity contribution is 6.04. The molecule has 0 spiro atoms. The lowest BCUT2D eigenvalue weighted by atomic mass is 10.0. The number of fused-ring (bicyclic) bond motifs is 1. The molecule has 228 valence electrons. The first-order valence-electron chi connectivity index (χ1n) is 13.8. The Labute approximate surface area is 259 Å². The maximum Gasteiger partial charge on any atom is 0.493 e. The average molecular weight is 622 g/mol. The SMILES string of the molecule is N#CCC(c1cccc(C(=O)Nc2ccc(-c3ccccc3)cc2)c1)n1cc(-c2ncnc3c2ccn3OC(=O)C(F)(F)F)cn1. The lowest BCUT2D eigenvalue weighted by molar-refractivity contribution is -0.199. The van der Waals surface area contributed by atoms with E-state index in [1.54, 1.807) is 35.1 Å². The Morgan fingerprint density at radius 2 is 1.70 bits per heavy atom. The molecule has 0 fully saturated rings. The molecule has 6 rings (SSSR count). The van der Waals surface area contributed by atoms with Gasteiger partial charge < -0.3 is 10.2 Å². The van der Waals surface area contributed by atoms with Crippen molar-refractivity contribution >= 4 is 28.6 Å². The molecule has 1 amide bonds. The van der Waals surface area contributed by atoms with Crippen molar-refractivity contribution in [3.8, 4) is 28.5 Å². The van der Waals surface area contributed by atoms with Crippen LogP contribution >= 0.6 is 0 Å². The van der Waals surface area contributed by atoms with Crippen LogP contribution in [0.4, 0.5) is 18.9 Å². The molecule has 0 aliphatic heterocycles. The van der Waals surface area contributed by atoms with Crippen LogP contribution in [0.25, 0.3) is 33.4 Å². The van der Waals surface area contributed by atoms with E-state index in [-0.39, 0.29) is 18.0 Å². The number of hydrogen-bond donors (Lipinski definition) is 1. The van der Waals surface area contributed by atoms with Crippen molar-refractivity contribution in [2.45, 2.75) is 18.6 Å². The van der Waals surface area contributed by atoms with E-state index in [4.69, 9.17) is 0 Å². The van der Waals surface area contributed by atoms with Crippen LogP contribution in [0.15, 0.2) is 110 Å². The third kappa shape index (κ3) is 6.18. The molecular formula is C33H22F3N7O3. The average Bonchev–Trinajstić information content (AvgIpc) is 3.72. The first-order chi connectivity index (χ1) is 22.2. The number of anilines is 1. The summed E-state index contributed by atoms with van der Waals surface area (Å²) in [7, 11) is 0. The molecule has 6 aromatic rings. The van der Waals surface area contributed by atoms with Crippen molar-refractivity contribution in [1.29, 1.82) is 5.26 Å². The molecule has 3 heterocycles. The van der Waals surface area contributed by atoms with Crippen LogP contribution in [0, 0.1) is 11.3 Å². The summed E-state index contributed by atoms with van der Waals surface area (Å²) in [6.45, 7) is 0. The van der Waals surface area contributed by atoms with E-state index < -0.39 is 18.2 Å². The van der Waals surface area contributed by atoms with Crippen LogP contribution in [0.5, 0.6) is 0 Å². The fourth-order valence-corrected chi connectivity index (χ4v) is 4.92. The van der Waals surface area contributed by atoms with E-state index in [0.29, 0.717) is 38.2 Å². The summed E-state index contributed by atoms with van der Waals surface area (Å²) < 4.78 is 40.3. The third-order valence-electron chi connectivity index (χ3n) is 7.12. The van der Waals surface area contributed by atoms with Crippen LogP contribution in [-0.4, -0.2) is 42.5 Å². The number of carbonyl (C=O) groups is 2. The van der Waals surface area contributed by atoms with Gasteiger partial charge in [0.2, 0.25) is 0 Å². The van der Waals surface area contributed by atoms with Gasteiger partial charge in [0.25, 0.3) is 5.91 Å². The number of nitrogens with zero attached hydrogens (tertiary/aromatic N) is 6. The van der Waals surface area contributed by atoms with Gasteiger partial charge >= 0.3 is 12.1 Å². The standard InChI is InChI=1S/C33H22F3N7O3/c34-33(35,36)32(45)46-43-16-14-27-29(38-20-39-30(27)43)25-18-40-42(19-25)28(13-15-37)23-7-4-8-24(17-23)31(44)41-26-11-9-22(10-12-26)21-5-2-1-3-6-21/h1-12,14,16-20,28H,13H2,(H,41,44). The molecule has 10 nitrogen and oxygen atoms in total. The van der Waals surface area contributed by atoms with Gasteiger partial charge in [0.05, 0.1) is 30.4 Å². The Morgan fingerprint density at radius 1 is 0.935 bits per heavy atom. The van der Waals surface area contributed by atoms with Gasteiger partial charge in [-0.1, -0.05) is 54.6 Å². The van der Waals surface area contributed by atoms with Crippen molar-refractivity contribution in [3.05, 3.63) is 121 Å². The monoisotopic (exact) mass is 621 g/mol. The molecule has 1 atom stereocenters. The Bertz CT molecular complexity index is 2080. The molecule has 3 aromatic heterocycles. The van der Waals surface area contributed by atoms with Gasteiger partial charge in [0, 0.05) is 34.6 Å². The Hall–Kier alpha value is -6.29. The molecule has 0 radical (unpaired) electrons. The highest BCUT2D eigenvalue weighted by Crippen LogP contribution is 2.29. The summed E-state index contributed by atoms with van der Waals surface area (Å²) in [6, 6.07) is 27.2. The first-order valence-corrected chi connectivity index (χ1v) is 13.8. The van der Waals surface area contributed by atoms with E-state index >= 15 is 0 Å². The molecule has 0 bridgehead atoms. The zero-order chi connectivity index (χ0) is 32.3. The molecule has 0 aliphatic carbocycles. The van der Waals surface area contributed by atoms with Gasteiger partial charge in [-0.2, -0.15) is 28.3 Å². The van der Waals surface area contributed by atoms with E-state index in [1.165, 1.54) is 12.3 Å². The van der Waals surface area contributed by atoms with Gasteiger partial charge in [-0.25, -0.2) is 14.8 Å². The van der Waals surface area contributed by atoms with E-state index in [1.807, 2.05) is 54.6 Å². The Kier molecular flexibility index (Phi) is 8.00. The third-order valence-corrected chi connectivity index (χ3v) is 7.12. The number of rotatable bonds is 8. The minimum Gasteiger partial charge on any atom is -0.326 e. The van der Waals surface area contributed by atoms with Crippen molar-refractivity contribution < 1.29 is 27.6 Å². The molecule has 46 heavy (non-hydrogen) atoms. The number of nitriles is 1. The maximum atomic E-state index is 13.2. The van der Waals surface area contributed by atoms with E-state index in [9.17, 15) is 28.0 Å². The second-order valence-electron chi connectivity index (χ2n) is 10.1. The lowest BCUT2D eigenvalue weighted by Crippen LogP contribution is -2.33. The summed E-state index contributed by atoms with van der Waals surface area (Å²) >= 11 is 0. The number of nitrogens with one attached hydrogen (secondary N) is 1. The quantitative estimate of drug-likeness (QED) is 0.213. The van der Waals surface area contributed by atoms with Gasteiger partial charge in [0.1, 0.15) is 6.33 Å². The molecule has 0 aliphatic rings. The summed E-state index contributed by atoms with van der Waals surface area (Å²) in [5.41, 5.74) is 4.48. The number of hydrogen-bond acceptors (Lipinski definition) is 7. The van der Waals surface area contributed by atoms with E-state index in [0.717, 1.165) is 23.7 Å². The second-order valence-corrected chi connectivity index (χ2v) is 10.1. The predicted molar refractivity (Wildman–Crippen MR) is 161 cm³/mol. The van der Waals surface area contributed by atoms with Crippen LogP contribution < -0.4 is 10.2 Å². The number of carbonyl (C=O) groups excluding carboxylic acids is 2. The second kappa shape index (κ2) is 12.4. The van der Waals surface area contributed by atoms with Crippen molar-refractivity contribution in [1.82, 2.24) is 24.5 Å². The molecule has 1 N–H and O–H groups in total. The lowest BCUT2D eigenvalue weighted by Gasteiger charge is -2.16. The zero-order valence-corrected chi connectivity index (χ0v) is 23.7. The molecule has 3 aromatic carbocycles. The molecule has 1 unspecified atom stereocenters. The highest BCUT2D eigenvalue weighted by atomic mass is 19.4. The summed E-state index contributed by atoms with van der Waals surface area (Å²) in [4.78, 5) is 37.1. The van der Waals surface area contributed by atoms with Gasteiger partial charge in [-0.05, 0) is 47.0 Å². The molecular weight excluding hydrogens is 599 g/mol. The number of aromatic nitrogens is 5. The van der Waals surface area contributed by atoms with Crippen LogP contribution in [0.3, 0.4) is 0 Å². The van der Waals surface area contributed by atoms with E-state index in [2.05, 4.69) is 31.3 Å². The normalized spacial score (nSPS) is 12.0. The minimum absolute atomic E-state index is 0.0239. The topological polar surface area (TPSA) is 128 Å². The van der Waals surface area contributed by atoms with Crippen molar-refractivity contribution in [2.24, 2.45) is 0 Å². The number of benzene rings is 3. The number of halogens is 3. The zero-order valence-electron chi connectivity index (χ0n) is 23.7. The van der Waals surface area contributed by atoms with Gasteiger partial charge in [0.15, 0.2) is 5.65 Å². The predicted octanol–water partition coefficient (Wildman–Crippen LogP) is 6.23. The fraction of sp³-hybridized carbons (Fsp3) is 0.0909. The van der Waals surface area contributed by atoms with Gasteiger partial charge in [-0.15, -0.1) is 0 Å².